The van der Waals surface area contributed by atoms with Crippen molar-refractivity contribution < 1.29 is 63.4 Å². The molecule has 1 aliphatic heterocycles. The third kappa shape index (κ3) is 11.9. The molecule has 44 heavy (non-hydrogen) atoms. The smallest absolute Gasteiger partial charge is 0.414 e. The molecule has 1 amide bonds. The average molecular weight is 642 g/mol. The minimum absolute atomic E-state index is 0.138. The lowest BCUT2D eigenvalue weighted by Gasteiger charge is -2.33. The lowest BCUT2D eigenvalue weighted by Crippen LogP contribution is -2.48. The Morgan fingerprint density at radius 1 is 0.818 bits per heavy atom. The molecule has 3 rings (SSSR count). The number of ether oxygens (including phenoxy) is 3. The first kappa shape index (κ1) is 37.3. The first-order valence-corrected chi connectivity index (χ1v) is 13.8. The van der Waals surface area contributed by atoms with Gasteiger partial charge in [0.15, 0.2) is 11.5 Å². The fraction of sp³-hybridized carbons (Fsp3) is 0.407. The van der Waals surface area contributed by atoms with Gasteiger partial charge in [-0.3, -0.25) is 9.69 Å². The number of carbonyl (C=O) groups is 6. The van der Waals surface area contributed by atoms with Gasteiger partial charge in [0.25, 0.3) is 0 Å². The van der Waals surface area contributed by atoms with Crippen LogP contribution in [-0.2, 0) is 28.7 Å². The van der Waals surface area contributed by atoms with E-state index in [-0.39, 0.29) is 12.5 Å². The van der Waals surface area contributed by atoms with E-state index >= 15 is 0 Å². The molecule has 17 heteroatoms. The monoisotopic (exact) mass is 641 g/mol. The maximum absolute atomic E-state index is 12.8. The Bertz CT molecular complexity index is 1270. The molecule has 0 radical (unpaired) electrons. The van der Waals surface area contributed by atoms with E-state index in [0.29, 0.717) is 34.2 Å². The summed E-state index contributed by atoms with van der Waals surface area (Å²) in [6, 6.07) is 5.45. The number of rotatable bonds is 9. The number of hydrogen-bond acceptors (Lipinski definition) is 12. The van der Waals surface area contributed by atoms with Crippen LogP contribution in [0.25, 0.3) is 11.1 Å². The number of piperazine rings is 1. The Morgan fingerprint density at radius 2 is 1.34 bits per heavy atom. The zero-order valence-corrected chi connectivity index (χ0v) is 25.3. The molecule has 0 atom stereocenters. The highest BCUT2D eigenvalue weighted by Crippen LogP contribution is 2.39. The number of nitrogens with zero attached hydrogens (tertiary/aromatic N) is 2. The van der Waals surface area contributed by atoms with Gasteiger partial charge in [-0.25, -0.2) is 24.0 Å². The van der Waals surface area contributed by atoms with Crippen molar-refractivity contribution in [3.8, 4) is 22.6 Å². The summed E-state index contributed by atoms with van der Waals surface area (Å²) in [5, 5.41) is 34.8. The summed E-state index contributed by atoms with van der Waals surface area (Å²) in [5.74, 6) is -6.75. The molecule has 0 aliphatic carbocycles. The van der Waals surface area contributed by atoms with Gasteiger partial charge in [-0.1, -0.05) is 13.0 Å². The number of methoxy groups -OCH3 is 2. The van der Waals surface area contributed by atoms with Crippen LogP contribution in [0.15, 0.2) is 23.6 Å². The summed E-state index contributed by atoms with van der Waals surface area (Å²) in [7, 11) is 3.13. The highest BCUT2D eigenvalue weighted by molar-refractivity contribution is 7.15. The van der Waals surface area contributed by atoms with E-state index in [0.717, 1.165) is 38.3 Å². The van der Waals surface area contributed by atoms with Crippen molar-refractivity contribution in [3.05, 3.63) is 29.1 Å². The third-order valence-corrected chi connectivity index (χ3v) is 6.76. The fourth-order valence-corrected chi connectivity index (χ4v) is 4.68. The third-order valence-electron chi connectivity index (χ3n) is 5.86. The first-order chi connectivity index (χ1) is 20.8. The van der Waals surface area contributed by atoms with E-state index in [1.807, 2.05) is 17.5 Å². The summed E-state index contributed by atoms with van der Waals surface area (Å²) in [6.45, 7) is 9.09. The maximum atomic E-state index is 12.8. The van der Waals surface area contributed by atoms with Gasteiger partial charge < -0.3 is 44.9 Å². The van der Waals surface area contributed by atoms with Crippen LogP contribution >= 0.6 is 11.3 Å². The van der Waals surface area contributed by atoms with Crippen LogP contribution in [0.4, 0.5) is 5.00 Å². The van der Waals surface area contributed by atoms with Gasteiger partial charge in [0.05, 0.1) is 27.4 Å². The molecule has 0 spiro atoms. The molecule has 5 N–H and O–H groups in total. The molecule has 1 fully saturated rings. The van der Waals surface area contributed by atoms with Gasteiger partial charge in [-0.2, -0.15) is 0 Å². The topological polar surface area (TPSA) is 230 Å². The maximum Gasteiger partial charge on any atom is 0.414 e. The Kier molecular flexibility index (Phi) is 15.9. The zero-order valence-electron chi connectivity index (χ0n) is 24.5. The Balaban J connectivity index is 0.000000681. The molecule has 0 bridgehead atoms. The fourth-order valence-electron chi connectivity index (χ4n) is 3.70. The van der Waals surface area contributed by atoms with Crippen molar-refractivity contribution in [2.75, 3.05) is 65.4 Å². The van der Waals surface area contributed by atoms with Crippen LogP contribution in [0, 0.1) is 0 Å². The second-order valence-corrected chi connectivity index (χ2v) is 9.50. The molecule has 1 aromatic heterocycles. The number of esters is 1. The van der Waals surface area contributed by atoms with Gasteiger partial charge in [0.2, 0.25) is 5.91 Å². The minimum atomic E-state index is -1.82. The lowest BCUT2D eigenvalue weighted by atomic mass is 10.0. The normalized spacial score (nSPS) is 12.7. The standard InChI is InChI=1S/C23H31N3O5S.2C2H2O4/c1-5-25-9-11-26(12-10-25)14-20(27)24-22-21(23(28)31-6-2)17(15-32-22)16-7-8-18(29-3)19(13-16)30-4;2*3-1(4)2(5)6/h7-8,13,15H,5-6,9-12,14H2,1-4H3,(H,24,27);2*(H,3,4)(H,5,6). The van der Waals surface area contributed by atoms with E-state index in [4.69, 9.17) is 53.8 Å². The number of carboxylic acids is 4. The lowest BCUT2D eigenvalue weighted by molar-refractivity contribution is -0.159. The van der Waals surface area contributed by atoms with E-state index in [1.54, 1.807) is 27.2 Å². The number of carboxylic acid groups (broad SMARTS) is 4. The van der Waals surface area contributed by atoms with Crippen LogP contribution in [0.3, 0.4) is 0 Å². The first-order valence-electron chi connectivity index (χ1n) is 13.0. The van der Waals surface area contributed by atoms with Crippen molar-refractivity contribution in [2.24, 2.45) is 0 Å². The van der Waals surface area contributed by atoms with Gasteiger partial charge in [-0.15, -0.1) is 11.3 Å². The zero-order chi connectivity index (χ0) is 33.4. The molecule has 0 saturated carbocycles. The number of carbonyl (C=O) groups excluding carboxylic acids is 2. The van der Waals surface area contributed by atoms with Crippen molar-refractivity contribution in [3.63, 3.8) is 0 Å². The molecule has 16 nitrogen and oxygen atoms in total. The summed E-state index contributed by atoms with van der Waals surface area (Å²) in [4.78, 5) is 66.4. The van der Waals surface area contributed by atoms with Crippen molar-refractivity contribution in [2.45, 2.75) is 13.8 Å². The second kappa shape index (κ2) is 18.7. The average Bonchev–Trinajstić information content (AvgIpc) is 3.41. The minimum Gasteiger partial charge on any atom is -0.493 e. The highest BCUT2D eigenvalue weighted by Gasteiger charge is 2.25. The summed E-state index contributed by atoms with van der Waals surface area (Å²) in [6.07, 6.45) is 0. The van der Waals surface area contributed by atoms with E-state index in [9.17, 15) is 9.59 Å². The number of amides is 1. The highest BCUT2D eigenvalue weighted by atomic mass is 32.1. The number of likely N-dealkylation sites (N-methyl/N-ethyl adjacent to an activating group) is 1. The molecule has 242 valence electrons. The Hall–Kier alpha value is -4.74. The quantitative estimate of drug-likeness (QED) is 0.193. The summed E-state index contributed by atoms with van der Waals surface area (Å²) < 4.78 is 16.0. The second-order valence-electron chi connectivity index (χ2n) is 8.62. The largest absolute Gasteiger partial charge is 0.493 e. The molecule has 2 heterocycles. The summed E-state index contributed by atoms with van der Waals surface area (Å²) in [5.41, 5.74) is 1.81. The van der Waals surface area contributed by atoms with Crippen molar-refractivity contribution >= 4 is 52.1 Å². The number of thiophene rings is 1. The van der Waals surface area contributed by atoms with Gasteiger partial charge >= 0.3 is 29.8 Å². The van der Waals surface area contributed by atoms with Gasteiger partial charge in [0.1, 0.15) is 10.6 Å². The van der Waals surface area contributed by atoms with Crippen molar-refractivity contribution in [1.82, 2.24) is 9.80 Å². The number of benzene rings is 1. The molecule has 1 aromatic carbocycles. The van der Waals surface area contributed by atoms with Crippen LogP contribution in [0.5, 0.6) is 11.5 Å². The van der Waals surface area contributed by atoms with Crippen molar-refractivity contribution in [1.29, 1.82) is 0 Å². The molecule has 2 aromatic rings. The number of anilines is 1. The molecular formula is C27H35N3O13S. The molecule has 0 unspecified atom stereocenters. The molecule has 1 aliphatic rings. The predicted molar refractivity (Wildman–Crippen MR) is 157 cm³/mol. The SMILES string of the molecule is CCOC(=O)c1c(-c2ccc(OC)c(OC)c2)csc1NC(=O)CN1CCN(CC)CC1.O=C(O)C(=O)O.O=C(O)C(=O)O. The summed E-state index contributed by atoms with van der Waals surface area (Å²) >= 11 is 1.31. The predicted octanol–water partition coefficient (Wildman–Crippen LogP) is 1.50. The van der Waals surface area contributed by atoms with E-state index in [2.05, 4.69) is 22.0 Å². The van der Waals surface area contributed by atoms with Crippen LogP contribution in [0.1, 0.15) is 24.2 Å². The van der Waals surface area contributed by atoms with E-state index < -0.39 is 29.8 Å². The molecule has 1 saturated heterocycles. The van der Waals surface area contributed by atoms with E-state index in [1.165, 1.54) is 11.3 Å². The number of hydrogen-bond donors (Lipinski definition) is 5. The van der Waals surface area contributed by atoms with Crippen LogP contribution in [-0.4, -0.2) is 126 Å². The Labute approximate surface area is 256 Å². The molecular weight excluding hydrogens is 606 g/mol. The van der Waals surface area contributed by atoms with Gasteiger partial charge in [0, 0.05) is 37.1 Å². The van der Waals surface area contributed by atoms with Crippen LogP contribution < -0.4 is 14.8 Å². The van der Waals surface area contributed by atoms with Crippen LogP contribution in [0.2, 0.25) is 0 Å². The Morgan fingerprint density at radius 3 is 1.80 bits per heavy atom. The van der Waals surface area contributed by atoms with Gasteiger partial charge in [-0.05, 0) is 31.2 Å². The number of nitrogens with one attached hydrogen (secondary N) is 1. The number of aliphatic carboxylic acids is 4.